The van der Waals surface area contributed by atoms with Crippen molar-refractivity contribution in [3.63, 3.8) is 0 Å². The van der Waals surface area contributed by atoms with Crippen LogP contribution in [-0.4, -0.2) is 61.9 Å². The molecule has 0 aliphatic carbocycles. The van der Waals surface area contributed by atoms with E-state index in [1.807, 2.05) is 48.5 Å². The molecular formula is C27H38N2O5. The lowest BCUT2D eigenvalue weighted by Crippen LogP contribution is -2.47. The second-order valence-electron chi connectivity index (χ2n) is 8.67. The molecule has 7 nitrogen and oxygen atoms in total. The van der Waals surface area contributed by atoms with Gasteiger partial charge in [0.1, 0.15) is 23.4 Å². The number of carbonyl (C=O) groups is 1. The number of rotatable bonds is 14. The summed E-state index contributed by atoms with van der Waals surface area (Å²) in [5.74, 6) is 2.09. The first-order valence-electron chi connectivity index (χ1n) is 12.3. The summed E-state index contributed by atoms with van der Waals surface area (Å²) in [7, 11) is 1.61. The standard InChI is InChI=1S/C27H38N2O5/c1-3-4-18-33-23-9-7-21(8-10-23)27(31)25(20-29-16-5-6-17-29)28-26(30)15-19-34-24-13-11-22(32-2)12-14-24/h7-14,25,27,31H,3-6,15-20H2,1-2H3,(H,28,30)/t25-,27-/m1/s1. The maximum atomic E-state index is 12.7. The summed E-state index contributed by atoms with van der Waals surface area (Å²) in [5.41, 5.74) is 0.766. The first-order valence-corrected chi connectivity index (χ1v) is 12.3. The van der Waals surface area contributed by atoms with Crippen LogP contribution in [0.4, 0.5) is 0 Å². The van der Waals surface area contributed by atoms with E-state index in [0.717, 1.165) is 55.8 Å². The highest BCUT2D eigenvalue weighted by atomic mass is 16.5. The van der Waals surface area contributed by atoms with E-state index in [9.17, 15) is 9.90 Å². The Labute approximate surface area is 203 Å². The molecule has 186 valence electrons. The van der Waals surface area contributed by atoms with Gasteiger partial charge in [-0.3, -0.25) is 4.79 Å². The Bertz CT molecular complexity index is 850. The van der Waals surface area contributed by atoms with Crippen molar-refractivity contribution < 1.29 is 24.1 Å². The number of hydrogen-bond acceptors (Lipinski definition) is 6. The zero-order valence-electron chi connectivity index (χ0n) is 20.4. The average Bonchev–Trinajstić information content (AvgIpc) is 3.37. The monoisotopic (exact) mass is 470 g/mol. The molecule has 2 aromatic rings. The highest BCUT2D eigenvalue weighted by Gasteiger charge is 2.26. The van der Waals surface area contributed by atoms with E-state index in [1.165, 1.54) is 0 Å². The van der Waals surface area contributed by atoms with Gasteiger partial charge in [0.2, 0.25) is 5.91 Å². The van der Waals surface area contributed by atoms with Crippen molar-refractivity contribution >= 4 is 5.91 Å². The molecule has 0 bridgehead atoms. The van der Waals surface area contributed by atoms with Crippen LogP contribution in [0, 0.1) is 0 Å². The minimum absolute atomic E-state index is 0.142. The minimum atomic E-state index is -0.809. The zero-order chi connectivity index (χ0) is 24.2. The number of benzene rings is 2. The zero-order valence-corrected chi connectivity index (χ0v) is 20.4. The third-order valence-corrected chi connectivity index (χ3v) is 6.03. The van der Waals surface area contributed by atoms with Crippen molar-refractivity contribution in [2.45, 2.75) is 51.2 Å². The van der Waals surface area contributed by atoms with Gasteiger partial charge in [0.05, 0.1) is 32.8 Å². The fourth-order valence-electron chi connectivity index (χ4n) is 4.01. The Kier molecular flexibility index (Phi) is 10.5. The smallest absolute Gasteiger partial charge is 0.223 e. The van der Waals surface area contributed by atoms with E-state index in [-0.39, 0.29) is 18.9 Å². The number of carbonyl (C=O) groups excluding carboxylic acids is 1. The van der Waals surface area contributed by atoms with Crippen LogP contribution in [0.2, 0.25) is 0 Å². The minimum Gasteiger partial charge on any atom is -0.497 e. The Morgan fingerprint density at radius 3 is 2.18 bits per heavy atom. The van der Waals surface area contributed by atoms with Gasteiger partial charge in [-0.15, -0.1) is 0 Å². The SMILES string of the molecule is CCCCOc1ccc([C@@H](O)[C@@H](CN2CCCC2)NC(=O)CCOc2ccc(OC)cc2)cc1. The number of nitrogens with one attached hydrogen (secondary N) is 1. The normalized spacial score (nSPS) is 15.5. The van der Waals surface area contributed by atoms with Crippen LogP contribution < -0.4 is 19.5 Å². The number of aliphatic hydroxyl groups excluding tert-OH is 1. The fourth-order valence-corrected chi connectivity index (χ4v) is 4.01. The van der Waals surface area contributed by atoms with Crippen molar-refractivity contribution in [3.05, 3.63) is 54.1 Å². The van der Waals surface area contributed by atoms with Gasteiger partial charge in [0.15, 0.2) is 0 Å². The molecule has 0 radical (unpaired) electrons. The van der Waals surface area contributed by atoms with Crippen LogP contribution >= 0.6 is 0 Å². The topological polar surface area (TPSA) is 80.3 Å². The lowest BCUT2D eigenvalue weighted by atomic mass is 10.0. The quantitative estimate of drug-likeness (QED) is 0.407. The number of unbranched alkanes of at least 4 members (excludes halogenated alkanes) is 1. The van der Waals surface area contributed by atoms with Gasteiger partial charge >= 0.3 is 0 Å². The molecule has 1 fully saturated rings. The molecule has 2 N–H and O–H groups in total. The lowest BCUT2D eigenvalue weighted by molar-refractivity contribution is -0.123. The molecular weight excluding hydrogens is 432 g/mol. The summed E-state index contributed by atoms with van der Waals surface area (Å²) >= 11 is 0. The number of amides is 1. The Morgan fingerprint density at radius 1 is 0.971 bits per heavy atom. The predicted molar refractivity (Wildman–Crippen MR) is 133 cm³/mol. The van der Waals surface area contributed by atoms with Crippen molar-refractivity contribution in [1.82, 2.24) is 10.2 Å². The van der Waals surface area contributed by atoms with E-state index >= 15 is 0 Å². The number of aliphatic hydroxyl groups is 1. The second kappa shape index (κ2) is 13.8. The summed E-state index contributed by atoms with van der Waals surface area (Å²) in [4.78, 5) is 15.0. The molecule has 2 aromatic carbocycles. The van der Waals surface area contributed by atoms with Crippen molar-refractivity contribution in [3.8, 4) is 17.2 Å². The third kappa shape index (κ3) is 8.22. The highest BCUT2D eigenvalue weighted by Crippen LogP contribution is 2.23. The van der Waals surface area contributed by atoms with Crippen LogP contribution in [0.15, 0.2) is 48.5 Å². The molecule has 7 heteroatoms. The maximum absolute atomic E-state index is 12.7. The number of hydrogen-bond donors (Lipinski definition) is 2. The molecule has 1 amide bonds. The number of methoxy groups -OCH3 is 1. The number of likely N-dealkylation sites (tertiary alicyclic amines) is 1. The van der Waals surface area contributed by atoms with Crippen LogP contribution in [0.5, 0.6) is 17.2 Å². The summed E-state index contributed by atoms with van der Waals surface area (Å²) in [6.07, 6.45) is 3.79. The third-order valence-electron chi connectivity index (χ3n) is 6.03. The first kappa shape index (κ1) is 25.8. The van der Waals surface area contributed by atoms with Gasteiger partial charge in [-0.25, -0.2) is 0 Å². The lowest BCUT2D eigenvalue weighted by Gasteiger charge is -2.29. The summed E-state index contributed by atoms with van der Waals surface area (Å²) in [5, 5.41) is 14.2. The van der Waals surface area contributed by atoms with Crippen LogP contribution in [0.3, 0.4) is 0 Å². The molecule has 34 heavy (non-hydrogen) atoms. The first-order chi connectivity index (χ1) is 16.6. The molecule has 0 aromatic heterocycles. The number of ether oxygens (including phenoxy) is 3. The van der Waals surface area contributed by atoms with Gasteiger partial charge in [-0.1, -0.05) is 25.5 Å². The molecule has 1 aliphatic heterocycles. The van der Waals surface area contributed by atoms with Crippen molar-refractivity contribution in [1.29, 1.82) is 0 Å². The van der Waals surface area contributed by atoms with E-state index in [4.69, 9.17) is 14.2 Å². The molecule has 0 unspecified atom stereocenters. The van der Waals surface area contributed by atoms with E-state index < -0.39 is 12.1 Å². The van der Waals surface area contributed by atoms with Crippen LogP contribution in [-0.2, 0) is 4.79 Å². The number of nitrogens with zero attached hydrogens (tertiary/aromatic N) is 1. The molecule has 0 spiro atoms. The average molecular weight is 471 g/mol. The van der Waals surface area contributed by atoms with Crippen molar-refractivity contribution in [2.24, 2.45) is 0 Å². The van der Waals surface area contributed by atoms with Gasteiger partial charge < -0.3 is 29.5 Å². The van der Waals surface area contributed by atoms with Gasteiger partial charge in [-0.05, 0) is 74.3 Å². The highest BCUT2D eigenvalue weighted by molar-refractivity contribution is 5.76. The molecule has 2 atom stereocenters. The predicted octanol–water partition coefficient (Wildman–Crippen LogP) is 3.96. The molecule has 1 aliphatic rings. The van der Waals surface area contributed by atoms with Gasteiger partial charge in [0.25, 0.3) is 0 Å². The molecule has 1 heterocycles. The Hall–Kier alpha value is -2.77. The van der Waals surface area contributed by atoms with Crippen molar-refractivity contribution in [2.75, 3.05) is 40.0 Å². The largest absolute Gasteiger partial charge is 0.497 e. The maximum Gasteiger partial charge on any atom is 0.223 e. The fraction of sp³-hybridized carbons (Fsp3) is 0.519. The van der Waals surface area contributed by atoms with Gasteiger partial charge in [-0.2, -0.15) is 0 Å². The Balaban J connectivity index is 1.55. The molecule has 3 rings (SSSR count). The van der Waals surface area contributed by atoms with Crippen LogP contribution in [0.1, 0.15) is 50.7 Å². The summed E-state index contributed by atoms with van der Waals surface area (Å²) in [6, 6.07) is 14.4. The van der Waals surface area contributed by atoms with E-state index in [1.54, 1.807) is 7.11 Å². The molecule has 0 saturated carbocycles. The van der Waals surface area contributed by atoms with Gasteiger partial charge in [0, 0.05) is 6.54 Å². The van der Waals surface area contributed by atoms with Crippen LogP contribution in [0.25, 0.3) is 0 Å². The summed E-state index contributed by atoms with van der Waals surface area (Å²) in [6.45, 7) is 5.66. The van der Waals surface area contributed by atoms with E-state index in [2.05, 4.69) is 17.1 Å². The van der Waals surface area contributed by atoms with E-state index in [0.29, 0.717) is 18.9 Å². The Morgan fingerprint density at radius 2 is 1.56 bits per heavy atom. The molecule has 1 saturated heterocycles. The summed E-state index contributed by atoms with van der Waals surface area (Å²) < 4.78 is 16.6. The second-order valence-corrected chi connectivity index (χ2v) is 8.67.